The van der Waals surface area contributed by atoms with Gasteiger partial charge in [0.05, 0.1) is 11.4 Å². The molecular weight excluding hydrogens is 380 g/mol. The lowest BCUT2D eigenvalue weighted by atomic mass is 10.0. The summed E-state index contributed by atoms with van der Waals surface area (Å²) in [6.45, 7) is 0. The predicted molar refractivity (Wildman–Crippen MR) is 126 cm³/mol. The number of aromatic nitrogens is 2. The van der Waals surface area contributed by atoms with Crippen molar-refractivity contribution < 1.29 is 4.42 Å². The van der Waals surface area contributed by atoms with Crippen LogP contribution in [0.25, 0.3) is 55.8 Å². The number of furan rings is 1. The molecule has 31 heavy (non-hydrogen) atoms. The number of rotatable bonds is 3. The smallest absolute Gasteiger partial charge is 0.160 e. The average Bonchev–Trinajstić information content (AvgIpc) is 3.24. The fourth-order valence-corrected chi connectivity index (χ4v) is 4.01. The van der Waals surface area contributed by atoms with E-state index in [9.17, 15) is 0 Å². The van der Waals surface area contributed by atoms with Crippen molar-refractivity contribution in [1.29, 1.82) is 0 Å². The Labute approximate surface area is 179 Å². The van der Waals surface area contributed by atoms with E-state index in [1.54, 1.807) is 0 Å². The van der Waals surface area contributed by atoms with E-state index < -0.39 is 0 Å². The summed E-state index contributed by atoms with van der Waals surface area (Å²) in [5, 5.41) is 2.20. The first-order chi connectivity index (χ1) is 15.4. The molecular formula is C28H18N2O. The molecule has 0 spiro atoms. The zero-order valence-electron chi connectivity index (χ0n) is 16.7. The number of nitrogens with zero attached hydrogens (tertiary/aromatic N) is 2. The summed E-state index contributed by atoms with van der Waals surface area (Å²) >= 11 is 0. The van der Waals surface area contributed by atoms with Crippen molar-refractivity contribution in [3.63, 3.8) is 0 Å². The lowest BCUT2D eigenvalue weighted by Crippen LogP contribution is -1.96. The van der Waals surface area contributed by atoms with Gasteiger partial charge in [-0.2, -0.15) is 0 Å². The van der Waals surface area contributed by atoms with E-state index in [-0.39, 0.29) is 0 Å². The first-order valence-corrected chi connectivity index (χ1v) is 10.3. The molecule has 0 aliphatic carbocycles. The van der Waals surface area contributed by atoms with Crippen molar-refractivity contribution in [2.24, 2.45) is 0 Å². The fraction of sp³-hybridized carbons (Fsp3) is 0. The number of fused-ring (bicyclic) bond motifs is 3. The van der Waals surface area contributed by atoms with Gasteiger partial charge in [0, 0.05) is 27.5 Å². The minimum atomic E-state index is 0.699. The molecule has 2 heterocycles. The lowest BCUT2D eigenvalue weighted by molar-refractivity contribution is 0.670. The SMILES string of the molecule is c1ccc(-c2cc(-c3cccc4c3oc3ccccc34)nc(-c3ccccc3)n2)cc1. The van der Waals surface area contributed by atoms with E-state index in [4.69, 9.17) is 14.4 Å². The van der Waals surface area contributed by atoms with E-state index in [0.717, 1.165) is 50.0 Å². The summed E-state index contributed by atoms with van der Waals surface area (Å²) < 4.78 is 6.27. The van der Waals surface area contributed by atoms with Crippen LogP contribution in [0.2, 0.25) is 0 Å². The van der Waals surface area contributed by atoms with Crippen LogP contribution in [0.1, 0.15) is 0 Å². The zero-order valence-corrected chi connectivity index (χ0v) is 16.7. The molecule has 4 aromatic carbocycles. The maximum Gasteiger partial charge on any atom is 0.160 e. The molecule has 0 N–H and O–H groups in total. The van der Waals surface area contributed by atoms with Crippen molar-refractivity contribution in [2.45, 2.75) is 0 Å². The Morgan fingerprint density at radius 3 is 1.97 bits per heavy atom. The third kappa shape index (κ3) is 3.08. The number of hydrogen-bond acceptors (Lipinski definition) is 3. The Bertz CT molecular complexity index is 1460. The van der Waals surface area contributed by atoms with Gasteiger partial charge in [0.25, 0.3) is 0 Å². The van der Waals surface area contributed by atoms with Crippen molar-refractivity contribution in [3.05, 3.63) is 109 Å². The number of benzene rings is 4. The first kappa shape index (κ1) is 17.6. The summed E-state index contributed by atoms with van der Waals surface area (Å²) in [5.74, 6) is 0.699. The highest BCUT2D eigenvalue weighted by molar-refractivity contribution is 6.09. The van der Waals surface area contributed by atoms with Gasteiger partial charge in [-0.1, -0.05) is 91.0 Å². The first-order valence-electron chi connectivity index (χ1n) is 10.3. The van der Waals surface area contributed by atoms with E-state index in [0.29, 0.717) is 5.82 Å². The van der Waals surface area contributed by atoms with Crippen LogP contribution < -0.4 is 0 Å². The molecule has 0 bridgehead atoms. The highest BCUT2D eigenvalue weighted by Crippen LogP contribution is 2.36. The zero-order chi connectivity index (χ0) is 20.6. The molecule has 3 nitrogen and oxygen atoms in total. The van der Waals surface area contributed by atoms with Crippen LogP contribution in [-0.2, 0) is 0 Å². The maximum atomic E-state index is 6.27. The average molecular weight is 398 g/mol. The van der Waals surface area contributed by atoms with Gasteiger partial charge < -0.3 is 4.42 Å². The quantitative estimate of drug-likeness (QED) is 0.312. The molecule has 0 saturated heterocycles. The summed E-state index contributed by atoms with van der Waals surface area (Å²) in [6, 6.07) is 36.7. The summed E-state index contributed by atoms with van der Waals surface area (Å²) in [4.78, 5) is 9.83. The Kier molecular flexibility index (Phi) is 4.10. The molecule has 2 aromatic heterocycles. The monoisotopic (exact) mass is 398 g/mol. The molecule has 0 fully saturated rings. The molecule has 0 atom stereocenters. The van der Waals surface area contributed by atoms with Gasteiger partial charge in [0.2, 0.25) is 0 Å². The van der Waals surface area contributed by atoms with Crippen molar-refractivity contribution in [1.82, 2.24) is 9.97 Å². The van der Waals surface area contributed by atoms with E-state index in [1.165, 1.54) is 0 Å². The largest absolute Gasteiger partial charge is 0.455 e. The molecule has 0 amide bonds. The summed E-state index contributed by atoms with van der Waals surface area (Å²) in [7, 11) is 0. The van der Waals surface area contributed by atoms with Crippen LogP contribution in [0.15, 0.2) is 114 Å². The van der Waals surface area contributed by atoms with Gasteiger partial charge in [0.15, 0.2) is 5.82 Å². The molecule has 0 saturated carbocycles. The minimum absolute atomic E-state index is 0.699. The highest BCUT2D eigenvalue weighted by Gasteiger charge is 2.15. The van der Waals surface area contributed by atoms with Crippen LogP contribution in [0.5, 0.6) is 0 Å². The molecule has 146 valence electrons. The second-order valence-electron chi connectivity index (χ2n) is 7.47. The second kappa shape index (κ2) is 7.22. The van der Waals surface area contributed by atoms with E-state index in [1.807, 2.05) is 72.8 Å². The van der Waals surface area contributed by atoms with Crippen molar-refractivity contribution >= 4 is 21.9 Å². The van der Waals surface area contributed by atoms with Crippen LogP contribution in [0.3, 0.4) is 0 Å². The van der Waals surface area contributed by atoms with Crippen LogP contribution in [0, 0.1) is 0 Å². The summed E-state index contributed by atoms with van der Waals surface area (Å²) in [6.07, 6.45) is 0. The van der Waals surface area contributed by atoms with E-state index >= 15 is 0 Å². The molecule has 0 radical (unpaired) electrons. The Balaban J connectivity index is 1.63. The number of hydrogen-bond donors (Lipinski definition) is 0. The van der Waals surface area contributed by atoms with Crippen LogP contribution in [0.4, 0.5) is 0 Å². The molecule has 0 aliphatic heterocycles. The lowest BCUT2D eigenvalue weighted by Gasteiger charge is -2.09. The van der Waals surface area contributed by atoms with Gasteiger partial charge in [-0.05, 0) is 18.2 Å². The normalized spacial score (nSPS) is 11.2. The van der Waals surface area contributed by atoms with Crippen LogP contribution in [-0.4, -0.2) is 9.97 Å². The predicted octanol–water partition coefficient (Wildman–Crippen LogP) is 7.38. The number of para-hydroxylation sites is 2. The highest BCUT2D eigenvalue weighted by atomic mass is 16.3. The third-order valence-corrected chi connectivity index (χ3v) is 5.51. The van der Waals surface area contributed by atoms with Gasteiger partial charge in [-0.25, -0.2) is 9.97 Å². The third-order valence-electron chi connectivity index (χ3n) is 5.51. The summed E-state index contributed by atoms with van der Waals surface area (Å²) in [5.41, 5.74) is 6.46. The Hall–Kier alpha value is -4.24. The van der Waals surface area contributed by atoms with E-state index in [2.05, 4.69) is 36.4 Å². The molecule has 3 heteroatoms. The Morgan fingerprint density at radius 2 is 1.16 bits per heavy atom. The van der Waals surface area contributed by atoms with Gasteiger partial charge >= 0.3 is 0 Å². The van der Waals surface area contributed by atoms with Crippen molar-refractivity contribution in [3.8, 4) is 33.9 Å². The molecule has 0 unspecified atom stereocenters. The fourth-order valence-electron chi connectivity index (χ4n) is 4.01. The molecule has 6 aromatic rings. The second-order valence-corrected chi connectivity index (χ2v) is 7.47. The van der Waals surface area contributed by atoms with Gasteiger partial charge in [-0.3, -0.25) is 0 Å². The maximum absolute atomic E-state index is 6.27. The van der Waals surface area contributed by atoms with Crippen molar-refractivity contribution in [2.75, 3.05) is 0 Å². The minimum Gasteiger partial charge on any atom is -0.455 e. The van der Waals surface area contributed by atoms with Crippen LogP contribution >= 0.6 is 0 Å². The Morgan fingerprint density at radius 1 is 0.516 bits per heavy atom. The topological polar surface area (TPSA) is 38.9 Å². The molecule has 6 rings (SSSR count). The van der Waals surface area contributed by atoms with Gasteiger partial charge in [0.1, 0.15) is 11.2 Å². The van der Waals surface area contributed by atoms with Gasteiger partial charge in [-0.15, -0.1) is 0 Å². The standard InChI is InChI=1S/C28H18N2O/c1-3-10-19(11-4-1)24-18-25(30-28(29-24)20-12-5-2-6-13-20)23-16-9-15-22-21-14-7-8-17-26(21)31-27(22)23/h1-18H. The molecule has 0 aliphatic rings.